The maximum absolute atomic E-state index is 9.92. The van der Waals surface area contributed by atoms with Gasteiger partial charge in [-0.3, -0.25) is 0 Å². The van der Waals surface area contributed by atoms with Crippen LogP contribution in [0.3, 0.4) is 0 Å². The zero-order valence-corrected chi connectivity index (χ0v) is 13.5. The van der Waals surface area contributed by atoms with Crippen LogP contribution >= 0.6 is 0 Å². The lowest BCUT2D eigenvalue weighted by molar-refractivity contribution is -0.119. The van der Waals surface area contributed by atoms with Crippen LogP contribution in [-0.4, -0.2) is 81.6 Å². The highest BCUT2D eigenvalue weighted by Crippen LogP contribution is 2.14. The zero-order chi connectivity index (χ0) is 16.4. The van der Waals surface area contributed by atoms with E-state index in [-0.39, 0.29) is 6.54 Å². The lowest BCUT2D eigenvalue weighted by atomic mass is 9.98. The molecule has 0 spiro atoms. The maximum Gasteiger partial charge on any atom is 0.111 e. The monoisotopic (exact) mass is 307 g/mol. The predicted octanol–water partition coefficient (Wildman–Crippen LogP) is -0.429. The number of hydrogen-bond acceptors (Lipinski definition) is 6. The fraction of sp³-hybridized carbons (Fsp3) is 1.00. The van der Waals surface area contributed by atoms with E-state index in [0.29, 0.717) is 5.92 Å². The molecule has 0 saturated heterocycles. The van der Waals surface area contributed by atoms with Gasteiger partial charge in [0.1, 0.15) is 18.3 Å². The Morgan fingerprint density at radius 3 is 1.95 bits per heavy atom. The van der Waals surface area contributed by atoms with Gasteiger partial charge in [-0.05, 0) is 19.4 Å². The van der Waals surface area contributed by atoms with E-state index in [2.05, 4.69) is 13.8 Å². The molecule has 6 heteroatoms. The van der Waals surface area contributed by atoms with E-state index in [1.165, 1.54) is 6.42 Å². The molecular weight excluding hydrogens is 274 g/mol. The molecule has 0 heterocycles. The highest BCUT2D eigenvalue weighted by atomic mass is 16.4. The summed E-state index contributed by atoms with van der Waals surface area (Å²) in [6, 6.07) is 0. The maximum atomic E-state index is 9.92. The molecule has 21 heavy (non-hydrogen) atoms. The van der Waals surface area contributed by atoms with Crippen molar-refractivity contribution >= 4 is 0 Å². The molecule has 128 valence electrons. The van der Waals surface area contributed by atoms with Gasteiger partial charge in [0.15, 0.2) is 0 Å². The van der Waals surface area contributed by atoms with E-state index in [9.17, 15) is 20.4 Å². The van der Waals surface area contributed by atoms with Crippen LogP contribution in [0.4, 0.5) is 0 Å². The minimum absolute atomic E-state index is 0.207. The SMILES string of the molecule is CCCCC(CC)CN(C)C[C@H](O)[C@@H](O)[C@H](O)[C@H](O)CO. The number of aliphatic hydroxyl groups excluding tert-OH is 5. The first-order valence-electron chi connectivity index (χ1n) is 7.88. The molecule has 0 aromatic heterocycles. The third-order valence-electron chi connectivity index (χ3n) is 3.94. The van der Waals surface area contributed by atoms with Crippen LogP contribution in [0.2, 0.25) is 0 Å². The molecule has 0 rings (SSSR count). The van der Waals surface area contributed by atoms with Gasteiger partial charge in [-0.1, -0.05) is 33.1 Å². The van der Waals surface area contributed by atoms with E-state index < -0.39 is 31.0 Å². The van der Waals surface area contributed by atoms with Crippen LogP contribution < -0.4 is 0 Å². The zero-order valence-electron chi connectivity index (χ0n) is 13.5. The Kier molecular flexibility index (Phi) is 11.2. The first-order valence-corrected chi connectivity index (χ1v) is 7.88. The lowest BCUT2D eigenvalue weighted by Crippen LogP contribution is -2.49. The van der Waals surface area contributed by atoms with Crippen molar-refractivity contribution in [1.82, 2.24) is 4.90 Å². The van der Waals surface area contributed by atoms with Crippen LogP contribution in [-0.2, 0) is 0 Å². The summed E-state index contributed by atoms with van der Waals surface area (Å²) in [6.07, 6.45) is -1.11. The number of unbranched alkanes of at least 4 members (excludes halogenated alkanes) is 1. The molecule has 0 aliphatic rings. The van der Waals surface area contributed by atoms with Crippen molar-refractivity contribution in [3.63, 3.8) is 0 Å². The van der Waals surface area contributed by atoms with E-state index in [1.54, 1.807) is 0 Å². The van der Waals surface area contributed by atoms with Gasteiger partial charge in [0.25, 0.3) is 0 Å². The Hall–Kier alpha value is -0.240. The van der Waals surface area contributed by atoms with E-state index in [1.807, 2.05) is 11.9 Å². The van der Waals surface area contributed by atoms with Crippen molar-refractivity contribution in [3.05, 3.63) is 0 Å². The number of hydrogen-bond donors (Lipinski definition) is 5. The van der Waals surface area contributed by atoms with Crippen LogP contribution in [0.15, 0.2) is 0 Å². The van der Waals surface area contributed by atoms with Gasteiger partial charge in [0, 0.05) is 13.1 Å². The summed E-state index contributed by atoms with van der Waals surface area (Å²) in [6.45, 7) is 4.67. The summed E-state index contributed by atoms with van der Waals surface area (Å²) >= 11 is 0. The second kappa shape index (κ2) is 11.3. The van der Waals surface area contributed by atoms with Crippen LogP contribution in [0, 0.1) is 5.92 Å². The molecule has 0 aromatic carbocycles. The highest BCUT2D eigenvalue weighted by molar-refractivity contribution is 4.82. The summed E-state index contributed by atoms with van der Waals surface area (Å²) in [5, 5.41) is 47.3. The van der Waals surface area contributed by atoms with Gasteiger partial charge in [-0.2, -0.15) is 0 Å². The number of rotatable bonds is 12. The van der Waals surface area contributed by atoms with Gasteiger partial charge in [-0.25, -0.2) is 0 Å². The first-order chi connectivity index (χ1) is 9.87. The number of aliphatic hydroxyl groups is 5. The molecule has 0 aliphatic carbocycles. The topological polar surface area (TPSA) is 104 Å². The Balaban J connectivity index is 4.25. The summed E-state index contributed by atoms with van der Waals surface area (Å²) in [7, 11) is 1.86. The average molecular weight is 307 g/mol. The summed E-state index contributed by atoms with van der Waals surface area (Å²) in [4.78, 5) is 1.93. The average Bonchev–Trinajstić information content (AvgIpc) is 2.48. The Morgan fingerprint density at radius 2 is 1.48 bits per heavy atom. The highest BCUT2D eigenvalue weighted by Gasteiger charge is 2.30. The van der Waals surface area contributed by atoms with Gasteiger partial charge in [-0.15, -0.1) is 0 Å². The molecule has 1 unspecified atom stereocenters. The lowest BCUT2D eigenvalue weighted by Gasteiger charge is -2.30. The second-order valence-corrected chi connectivity index (χ2v) is 5.94. The van der Waals surface area contributed by atoms with Gasteiger partial charge >= 0.3 is 0 Å². The van der Waals surface area contributed by atoms with Crippen LogP contribution in [0.5, 0.6) is 0 Å². The number of likely N-dealkylation sites (N-methyl/N-ethyl adjacent to an activating group) is 1. The fourth-order valence-electron chi connectivity index (χ4n) is 2.42. The normalized spacial score (nSPS) is 19.3. The second-order valence-electron chi connectivity index (χ2n) is 5.94. The molecule has 0 aliphatic heterocycles. The van der Waals surface area contributed by atoms with E-state index in [4.69, 9.17) is 5.11 Å². The van der Waals surface area contributed by atoms with E-state index in [0.717, 1.165) is 25.8 Å². The molecule has 0 bridgehead atoms. The molecule has 0 saturated carbocycles. The fourth-order valence-corrected chi connectivity index (χ4v) is 2.42. The van der Waals surface area contributed by atoms with Crippen molar-refractivity contribution in [3.8, 4) is 0 Å². The largest absolute Gasteiger partial charge is 0.394 e. The first kappa shape index (κ1) is 20.8. The molecule has 5 N–H and O–H groups in total. The van der Waals surface area contributed by atoms with Gasteiger partial charge in [0.05, 0.1) is 12.7 Å². The Bertz CT molecular complexity index is 254. The van der Waals surface area contributed by atoms with Crippen molar-refractivity contribution < 1.29 is 25.5 Å². The summed E-state index contributed by atoms with van der Waals surface area (Å²) in [5.74, 6) is 0.548. The van der Waals surface area contributed by atoms with Crippen molar-refractivity contribution in [1.29, 1.82) is 0 Å². The van der Waals surface area contributed by atoms with Crippen LogP contribution in [0.25, 0.3) is 0 Å². The Labute approximate surface area is 128 Å². The molecule has 0 amide bonds. The minimum Gasteiger partial charge on any atom is -0.394 e. The number of nitrogens with zero attached hydrogens (tertiary/aromatic N) is 1. The smallest absolute Gasteiger partial charge is 0.111 e. The predicted molar refractivity (Wildman–Crippen MR) is 81.9 cm³/mol. The van der Waals surface area contributed by atoms with Crippen LogP contribution in [0.1, 0.15) is 39.5 Å². The minimum atomic E-state index is -1.56. The van der Waals surface area contributed by atoms with E-state index >= 15 is 0 Å². The van der Waals surface area contributed by atoms with Crippen molar-refractivity contribution in [2.45, 2.75) is 63.9 Å². The molecular formula is C15H33NO5. The third-order valence-corrected chi connectivity index (χ3v) is 3.94. The standard InChI is InChI=1S/C15H33NO5/c1-4-6-7-11(5-2)8-16(3)9-12(18)14(20)15(21)13(19)10-17/h11-15,17-21H,4-10H2,1-3H3/t11?,12-,13+,14+,15+/m0/s1. The quantitative estimate of drug-likeness (QED) is 0.335. The van der Waals surface area contributed by atoms with Crippen molar-refractivity contribution in [2.75, 3.05) is 26.7 Å². The molecule has 5 atom stereocenters. The summed E-state index contributed by atoms with van der Waals surface area (Å²) < 4.78 is 0. The summed E-state index contributed by atoms with van der Waals surface area (Å²) in [5.41, 5.74) is 0. The molecule has 0 fully saturated rings. The molecule has 6 nitrogen and oxygen atoms in total. The Morgan fingerprint density at radius 1 is 0.905 bits per heavy atom. The molecule has 0 aromatic rings. The third kappa shape index (κ3) is 8.09. The van der Waals surface area contributed by atoms with Crippen molar-refractivity contribution in [2.24, 2.45) is 5.92 Å². The van der Waals surface area contributed by atoms with Gasteiger partial charge < -0.3 is 30.4 Å². The molecule has 0 radical (unpaired) electrons. The van der Waals surface area contributed by atoms with Gasteiger partial charge in [0.2, 0.25) is 0 Å².